The van der Waals surface area contributed by atoms with Crippen molar-refractivity contribution in [2.24, 2.45) is 11.8 Å². The van der Waals surface area contributed by atoms with Crippen molar-refractivity contribution in [1.82, 2.24) is 0 Å². The first-order valence-electron chi connectivity index (χ1n) is 10.3. The maximum Gasteiger partial charge on any atom is 0.227 e. The predicted molar refractivity (Wildman–Crippen MR) is 118 cm³/mol. The molecule has 0 aromatic heterocycles. The van der Waals surface area contributed by atoms with Gasteiger partial charge in [-0.3, -0.25) is 9.59 Å². The largest absolute Gasteiger partial charge is 0.495 e. The minimum Gasteiger partial charge on any atom is -0.495 e. The molecule has 2 aromatic rings. The van der Waals surface area contributed by atoms with Gasteiger partial charge in [0, 0.05) is 11.8 Å². The third-order valence-corrected chi connectivity index (χ3v) is 5.69. The van der Waals surface area contributed by atoms with Gasteiger partial charge in [0.1, 0.15) is 11.5 Å². The SMILES string of the molecule is COc1ccc(C)cc1NC(=O)C1CCC(C(=O)Nc2cc(C)ccc2OC)CC1. The number of hydrogen-bond donors (Lipinski definition) is 2. The third kappa shape index (κ3) is 5.12. The molecule has 0 saturated heterocycles. The van der Waals surface area contributed by atoms with Gasteiger partial charge in [-0.1, -0.05) is 12.1 Å². The Bertz CT molecular complexity index is 842. The summed E-state index contributed by atoms with van der Waals surface area (Å²) in [5, 5.41) is 5.99. The number of benzene rings is 2. The highest BCUT2D eigenvalue weighted by molar-refractivity contribution is 5.96. The van der Waals surface area contributed by atoms with Crippen LogP contribution in [0.5, 0.6) is 11.5 Å². The molecule has 0 heterocycles. The van der Waals surface area contributed by atoms with Gasteiger partial charge in [0.05, 0.1) is 25.6 Å². The molecule has 0 bridgehead atoms. The van der Waals surface area contributed by atoms with Crippen LogP contribution in [0.2, 0.25) is 0 Å². The molecule has 2 aromatic carbocycles. The molecule has 30 heavy (non-hydrogen) atoms. The molecule has 0 aliphatic heterocycles. The molecule has 1 fully saturated rings. The monoisotopic (exact) mass is 410 g/mol. The number of ether oxygens (including phenoxy) is 2. The number of rotatable bonds is 6. The summed E-state index contributed by atoms with van der Waals surface area (Å²) in [6.07, 6.45) is 2.73. The van der Waals surface area contributed by atoms with Crippen LogP contribution in [0.4, 0.5) is 11.4 Å². The summed E-state index contributed by atoms with van der Waals surface area (Å²) in [5.41, 5.74) is 3.49. The molecule has 0 radical (unpaired) electrons. The fourth-order valence-corrected chi connectivity index (χ4v) is 3.93. The van der Waals surface area contributed by atoms with E-state index in [9.17, 15) is 9.59 Å². The van der Waals surface area contributed by atoms with E-state index in [2.05, 4.69) is 10.6 Å². The maximum atomic E-state index is 12.8. The second kappa shape index (κ2) is 9.65. The Morgan fingerprint density at radius 1 is 0.733 bits per heavy atom. The highest BCUT2D eigenvalue weighted by Crippen LogP contribution is 2.33. The van der Waals surface area contributed by atoms with Gasteiger partial charge >= 0.3 is 0 Å². The zero-order chi connectivity index (χ0) is 21.7. The second-order valence-electron chi connectivity index (χ2n) is 7.93. The van der Waals surface area contributed by atoms with E-state index in [1.165, 1.54) is 0 Å². The van der Waals surface area contributed by atoms with E-state index in [0.29, 0.717) is 48.6 Å². The second-order valence-corrected chi connectivity index (χ2v) is 7.93. The van der Waals surface area contributed by atoms with Crippen LogP contribution in [0.25, 0.3) is 0 Å². The van der Waals surface area contributed by atoms with Gasteiger partial charge in [0.2, 0.25) is 11.8 Å². The number of nitrogens with one attached hydrogen (secondary N) is 2. The Morgan fingerprint density at radius 2 is 1.10 bits per heavy atom. The van der Waals surface area contributed by atoms with E-state index in [0.717, 1.165) is 11.1 Å². The van der Waals surface area contributed by atoms with Crippen molar-refractivity contribution in [1.29, 1.82) is 0 Å². The number of carbonyl (C=O) groups is 2. The molecule has 2 N–H and O–H groups in total. The fourth-order valence-electron chi connectivity index (χ4n) is 3.93. The first kappa shape index (κ1) is 21.7. The van der Waals surface area contributed by atoms with Crippen LogP contribution in [0.1, 0.15) is 36.8 Å². The molecule has 0 unspecified atom stereocenters. The minimum atomic E-state index is -0.104. The number of amides is 2. The lowest BCUT2D eigenvalue weighted by atomic mass is 9.81. The standard InChI is InChI=1S/C24H30N2O4/c1-15-5-11-21(29-3)19(13-15)25-23(27)17-7-9-18(10-8-17)24(28)26-20-14-16(2)6-12-22(20)30-4/h5-6,11-14,17-18H,7-10H2,1-4H3,(H,25,27)(H,26,28). The van der Waals surface area contributed by atoms with Gasteiger partial charge in [0.25, 0.3) is 0 Å². The zero-order valence-corrected chi connectivity index (χ0v) is 18.1. The summed E-state index contributed by atoms with van der Waals surface area (Å²) >= 11 is 0. The van der Waals surface area contributed by atoms with Crippen molar-refractivity contribution in [3.05, 3.63) is 47.5 Å². The molecule has 1 aliphatic rings. The van der Waals surface area contributed by atoms with Crippen LogP contribution < -0.4 is 20.1 Å². The van der Waals surface area contributed by atoms with Crippen LogP contribution in [0.3, 0.4) is 0 Å². The van der Waals surface area contributed by atoms with E-state index in [4.69, 9.17) is 9.47 Å². The van der Waals surface area contributed by atoms with Crippen LogP contribution in [0.15, 0.2) is 36.4 Å². The Balaban J connectivity index is 1.57. The van der Waals surface area contributed by atoms with Gasteiger partial charge in [-0.25, -0.2) is 0 Å². The smallest absolute Gasteiger partial charge is 0.227 e. The van der Waals surface area contributed by atoms with Crippen molar-refractivity contribution in [2.45, 2.75) is 39.5 Å². The Kier molecular flexibility index (Phi) is 6.98. The molecule has 160 valence electrons. The van der Waals surface area contributed by atoms with Gasteiger partial charge in [-0.05, 0) is 74.9 Å². The van der Waals surface area contributed by atoms with Gasteiger partial charge < -0.3 is 20.1 Å². The van der Waals surface area contributed by atoms with Crippen LogP contribution >= 0.6 is 0 Å². The fraction of sp³-hybridized carbons (Fsp3) is 0.417. The Labute approximate surface area is 178 Å². The Morgan fingerprint density at radius 3 is 1.43 bits per heavy atom. The van der Waals surface area contributed by atoms with E-state index in [1.54, 1.807) is 14.2 Å². The molecule has 0 spiro atoms. The Hall–Kier alpha value is -3.02. The highest BCUT2D eigenvalue weighted by Gasteiger charge is 2.30. The molecule has 2 amide bonds. The number of carbonyl (C=O) groups excluding carboxylic acids is 2. The van der Waals surface area contributed by atoms with Crippen molar-refractivity contribution < 1.29 is 19.1 Å². The zero-order valence-electron chi connectivity index (χ0n) is 18.1. The molecular formula is C24H30N2O4. The molecule has 1 saturated carbocycles. The van der Waals surface area contributed by atoms with E-state index < -0.39 is 0 Å². The van der Waals surface area contributed by atoms with Crippen LogP contribution in [-0.2, 0) is 9.59 Å². The lowest BCUT2D eigenvalue weighted by molar-refractivity contribution is -0.125. The van der Waals surface area contributed by atoms with Crippen molar-refractivity contribution >= 4 is 23.2 Å². The molecule has 3 rings (SSSR count). The molecule has 6 heteroatoms. The van der Waals surface area contributed by atoms with Gasteiger partial charge in [-0.15, -0.1) is 0 Å². The number of hydrogen-bond acceptors (Lipinski definition) is 4. The summed E-state index contributed by atoms with van der Waals surface area (Å²) in [6.45, 7) is 3.95. The molecule has 0 atom stereocenters. The molecule has 1 aliphatic carbocycles. The van der Waals surface area contributed by atoms with E-state index >= 15 is 0 Å². The first-order valence-corrected chi connectivity index (χ1v) is 10.3. The summed E-state index contributed by atoms with van der Waals surface area (Å²) in [4.78, 5) is 25.5. The number of anilines is 2. The van der Waals surface area contributed by atoms with Gasteiger partial charge in [0.15, 0.2) is 0 Å². The average molecular weight is 411 g/mol. The average Bonchev–Trinajstić information content (AvgIpc) is 2.74. The minimum absolute atomic E-state index is 0.0156. The lowest BCUT2D eigenvalue weighted by Crippen LogP contribution is -2.32. The lowest BCUT2D eigenvalue weighted by Gasteiger charge is -2.27. The first-order chi connectivity index (χ1) is 14.4. The van der Waals surface area contributed by atoms with Crippen LogP contribution in [-0.4, -0.2) is 26.0 Å². The maximum absolute atomic E-state index is 12.8. The van der Waals surface area contributed by atoms with Crippen molar-refractivity contribution in [2.75, 3.05) is 24.9 Å². The summed E-state index contributed by atoms with van der Waals surface area (Å²) in [6, 6.07) is 11.4. The van der Waals surface area contributed by atoms with E-state index in [-0.39, 0.29) is 23.7 Å². The summed E-state index contributed by atoms with van der Waals surface area (Å²) in [5.74, 6) is 1.06. The summed E-state index contributed by atoms with van der Waals surface area (Å²) < 4.78 is 10.7. The predicted octanol–water partition coefficient (Wildman–Crippen LogP) is 4.70. The number of aryl methyl sites for hydroxylation is 2. The number of methoxy groups -OCH3 is 2. The van der Waals surface area contributed by atoms with E-state index in [1.807, 2.05) is 50.2 Å². The summed E-state index contributed by atoms with van der Waals surface area (Å²) in [7, 11) is 3.18. The molecular weight excluding hydrogens is 380 g/mol. The molecule has 6 nitrogen and oxygen atoms in total. The van der Waals surface area contributed by atoms with Crippen LogP contribution in [0, 0.1) is 25.7 Å². The quantitative estimate of drug-likeness (QED) is 0.723. The van der Waals surface area contributed by atoms with Gasteiger partial charge in [-0.2, -0.15) is 0 Å². The van der Waals surface area contributed by atoms with Crippen molar-refractivity contribution in [3.8, 4) is 11.5 Å². The van der Waals surface area contributed by atoms with Crippen molar-refractivity contribution in [3.63, 3.8) is 0 Å². The third-order valence-electron chi connectivity index (χ3n) is 5.69. The normalized spacial score (nSPS) is 18.4. The highest BCUT2D eigenvalue weighted by atomic mass is 16.5. The topological polar surface area (TPSA) is 76.7 Å².